The van der Waals surface area contributed by atoms with E-state index < -0.39 is 0 Å². The molecule has 0 aliphatic carbocycles. The molecule has 0 amide bonds. The van der Waals surface area contributed by atoms with E-state index in [2.05, 4.69) is 35.5 Å². The van der Waals surface area contributed by atoms with Crippen LogP contribution in [0.2, 0.25) is 0 Å². The molecule has 0 spiro atoms. The molecule has 74 valence electrons. The Morgan fingerprint density at radius 3 is 2.33 bits per heavy atom. The lowest BCUT2D eigenvalue weighted by Crippen LogP contribution is -2.44. The van der Waals surface area contributed by atoms with E-state index in [-0.39, 0.29) is 0 Å². The molecule has 12 heavy (non-hydrogen) atoms. The minimum atomic E-state index is 0.465. The summed E-state index contributed by atoms with van der Waals surface area (Å²) in [7, 11) is 3.93. The lowest BCUT2D eigenvalue weighted by Gasteiger charge is -2.18. The normalized spacial score (nSPS) is 16.0. The van der Waals surface area contributed by atoms with E-state index in [9.17, 15) is 0 Å². The van der Waals surface area contributed by atoms with Gasteiger partial charge in [0.1, 0.15) is 0 Å². The molecule has 0 fully saturated rings. The predicted octanol–water partition coefficient (Wildman–Crippen LogP) is -0.298. The van der Waals surface area contributed by atoms with E-state index in [0.717, 1.165) is 18.8 Å². The minimum absolute atomic E-state index is 0.465. The highest BCUT2D eigenvalue weighted by atomic mass is 32.1. The van der Waals surface area contributed by atoms with Gasteiger partial charge in [0.15, 0.2) is 0 Å². The van der Waals surface area contributed by atoms with Crippen LogP contribution < -0.4 is 16.0 Å². The van der Waals surface area contributed by atoms with E-state index in [4.69, 9.17) is 0 Å². The maximum absolute atomic E-state index is 4.23. The van der Waals surface area contributed by atoms with Gasteiger partial charge < -0.3 is 16.0 Å². The monoisotopic (exact) mass is 191 g/mol. The van der Waals surface area contributed by atoms with Gasteiger partial charge in [-0.05, 0) is 21.0 Å². The minimum Gasteiger partial charge on any atom is -0.318 e. The summed E-state index contributed by atoms with van der Waals surface area (Å²) in [6.45, 7) is 4.15. The highest BCUT2D eigenvalue weighted by Crippen LogP contribution is 1.86. The summed E-state index contributed by atoms with van der Waals surface area (Å²) in [5, 5.41) is 9.73. The standard InChI is InChI=1S/C8H21N3S/c1-7(4-9-2)11-5-8(6-12)10-3/h7-12H,4-6H2,1-3H3/t7-,8+/m0/s1. The third kappa shape index (κ3) is 5.83. The molecule has 0 bridgehead atoms. The molecule has 2 atom stereocenters. The van der Waals surface area contributed by atoms with Gasteiger partial charge in [0.2, 0.25) is 0 Å². The summed E-state index contributed by atoms with van der Waals surface area (Å²) in [5.74, 6) is 0.871. The van der Waals surface area contributed by atoms with E-state index in [0.29, 0.717) is 12.1 Å². The van der Waals surface area contributed by atoms with Crippen molar-refractivity contribution >= 4 is 12.6 Å². The molecule has 0 aromatic carbocycles. The predicted molar refractivity (Wildman–Crippen MR) is 58.1 cm³/mol. The summed E-state index contributed by atoms with van der Waals surface area (Å²) in [4.78, 5) is 0. The molecule has 0 aliphatic heterocycles. The van der Waals surface area contributed by atoms with Crippen molar-refractivity contribution in [2.24, 2.45) is 0 Å². The summed E-state index contributed by atoms with van der Waals surface area (Å²) in [5.41, 5.74) is 0. The van der Waals surface area contributed by atoms with E-state index in [1.54, 1.807) is 0 Å². The van der Waals surface area contributed by atoms with Crippen LogP contribution in [0.15, 0.2) is 0 Å². The molecule has 0 saturated carbocycles. The molecule has 0 saturated heterocycles. The third-order valence-electron chi connectivity index (χ3n) is 1.85. The van der Waals surface area contributed by atoms with Gasteiger partial charge in [0.25, 0.3) is 0 Å². The SMILES string of the molecule is CNC[C@H](C)NC[C@H](CS)NC. The van der Waals surface area contributed by atoms with Gasteiger partial charge in [-0.25, -0.2) is 0 Å². The molecule has 0 radical (unpaired) electrons. The molecule has 0 aromatic rings. The lowest BCUT2D eigenvalue weighted by atomic mass is 10.3. The molecule has 0 unspecified atom stereocenters. The quantitative estimate of drug-likeness (QED) is 0.417. The van der Waals surface area contributed by atoms with Gasteiger partial charge in [0.05, 0.1) is 0 Å². The van der Waals surface area contributed by atoms with Gasteiger partial charge in [-0.2, -0.15) is 12.6 Å². The Balaban J connectivity index is 3.37. The first-order chi connectivity index (χ1) is 5.74. The fraction of sp³-hybridized carbons (Fsp3) is 1.00. The first-order valence-corrected chi connectivity index (χ1v) is 5.04. The smallest absolute Gasteiger partial charge is 0.0277 e. The van der Waals surface area contributed by atoms with Crippen molar-refractivity contribution in [2.75, 3.05) is 32.9 Å². The zero-order valence-electron chi connectivity index (χ0n) is 8.22. The van der Waals surface area contributed by atoms with E-state index >= 15 is 0 Å². The van der Waals surface area contributed by atoms with Gasteiger partial charge in [0, 0.05) is 30.9 Å². The van der Waals surface area contributed by atoms with Gasteiger partial charge in [-0.15, -0.1) is 0 Å². The van der Waals surface area contributed by atoms with Crippen LogP contribution in [0, 0.1) is 0 Å². The largest absolute Gasteiger partial charge is 0.318 e. The molecular formula is C8H21N3S. The number of thiol groups is 1. The third-order valence-corrected chi connectivity index (χ3v) is 2.29. The Labute approximate surface area is 81.1 Å². The summed E-state index contributed by atoms with van der Waals surface area (Å²) in [6, 6.07) is 0.985. The molecule has 3 nitrogen and oxygen atoms in total. The Morgan fingerprint density at radius 1 is 1.25 bits per heavy atom. The number of rotatable bonds is 7. The molecule has 3 N–H and O–H groups in total. The number of hydrogen-bond acceptors (Lipinski definition) is 4. The zero-order chi connectivity index (χ0) is 9.40. The van der Waals surface area contributed by atoms with Crippen LogP contribution in [0.5, 0.6) is 0 Å². The topological polar surface area (TPSA) is 36.1 Å². The van der Waals surface area contributed by atoms with Crippen LogP contribution in [0.1, 0.15) is 6.92 Å². The highest BCUT2D eigenvalue weighted by Gasteiger charge is 2.04. The van der Waals surface area contributed by atoms with E-state index in [1.807, 2.05) is 14.1 Å². The van der Waals surface area contributed by atoms with Crippen LogP contribution in [-0.4, -0.2) is 45.0 Å². The molecule has 0 aliphatic rings. The fourth-order valence-corrected chi connectivity index (χ4v) is 1.29. The fourth-order valence-electron chi connectivity index (χ4n) is 0.980. The maximum atomic E-state index is 4.23. The van der Waals surface area contributed by atoms with Crippen LogP contribution in [-0.2, 0) is 0 Å². The molecule has 0 rings (SSSR count). The van der Waals surface area contributed by atoms with Crippen molar-refractivity contribution in [3.05, 3.63) is 0 Å². The Kier molecular flexibility index (Phi) is 8.01. The Morgan fingerprint density at radius 2 is 1.92 bits per heavy atom. The van der Waals surface area contributed by atoms with Gasteiger partial charge in [-0.1, -0.05) is 0 Å². The van der Waals surface area contributed by atoms with Gasteiger partial charge >= 0.3 is 0 Å². The number of likely N-dealkylation sites (N-methyl/N-ethyl adjacent to an activating group) is 2. The molecular weight excluding hydrogens is 170 g/mol. The van der Waals surface area contributed by atoms with Crippen molar-refractivity contribution < 1.29 is 0 Å². The summed E-state index contributed by atoms with van der Waals surface area (Å²) >= 11 is 4.23. The zero-order valence-corrected chi connectivity index (χ0v) is 9.12. The number of hydrogen-bond donors (Lipinski definition) is 4. The molecule has 0 aromatic heterocycles. The van der Waals surface area contributed by atoms with Crippen molar-refractivity contribution in [2.45, 2.75) is 19.0 Å². The van der Waals surface area contributed by atoms with Crippen LogP contribution >= 0.6 is 12.6 Å². The van der Waals surface area contributed by atoms with Crippen LogP contribution in [0.3, 0.4) is 0 Å². The Bertz CT molecular complexity index is 96.3. The first-order valence-electron chi connectivity index (χ1n) is 4.40. The van der Waals surface area contributed by atoms with Crippen molar-refractivity contribution in [1.82, 2.24) is 16.0 Å². The lowest BCUT2D eigenvalue weighted by molar-refractivity contribution is 0.475. The second kappa shape index (κ2) is 7.86. The average molecular weight is 191 g/mol. The Hall–Kier alpha value is 0.230. The second-order valence-electron chi connectivity index (χ2n) is 3.04. The number of nitrogens with one attached hydrogen (secondary N) is 3. The summed E-state index contributed by atoms with van der Waals surface area (Å²) in [6.07, 6.45) is 0. The average Bonchev–Trinajstić information content (AvgIpc) is 2.07. The molecule has 0 heterocycles. The highest BCUT2D eigenvalue weighted by molar-refractivity contribution is 7.80. The van der Waals surface area contributed by atoms with Crippen molar-refractivity contribution in [1.29, 1.82) is 0 Å². The summed E-state index contributed by atoms with van der Waals surface area (Å²) < 4.78 is 0. The van der Waals surface area contributed by atoms with Crippen LogP contribution in [0.4, 0.5) is 0 Å². The van der Waals surface area contributed by atoms with Gasteiger partial charge in [-0.3, -0.25) is 0 Å². The first kappa shape index (κ1) is 12.2. The van der Waals surface area contributed by atoms with Crippen LogP contribution in [0.25, 0.3) is 0 Å². The second-order valence-corrected chi connectivity index (χ2v) is 3.40. The maximum Gasteiger partial charge on any atom is 0.0277 e. The van der Waals surface area contributed by atoms with Crippen molar-refractivity contribution in [3.63, 3.8) is 0 Å². The van der Waals surface area contributed by atoms with Crippen molar-refractivity contribution in [3.8, 4) is 0 Å². The molecule has 4 heteroatoms. The van der Waals surface area contributed by atoms with E-state index in [1.165, 1.54) is 0 Å².